The highest BCUT2D eigenvalue weighted by Gasteiger charge is 2.43. The SMILES string of the molecule is CCC(NC(=O)CCCCCCC(=O)COc1cccc([C@@H](CCc2ccc(OC)c(OC)c2)OC(=O)[C@@H]2CCCCN2C(=O)C(=O)C(C)(C)CC)c1)C(=O)OC(c1ccccc1)(c1ccccc1)c1ccc(C)cc1. The van der Waals surface area contributed by atoms with Crippen molar-refractivity contribution in [1.29, 1.82) is 0 Å². The van der Waals surface area contributed by atoms with Gasteiger partial charge in [0.05, 0.1) is 14.2 Å². The molecule has 2 amide bonds. The van der Waals surface area contributed by atoms with E-state index in [0.717, 1.165) is 34.2 Å². The molecule has 3 atom stereocenters. The van der Waals surface area contributed by atoms with Crippen molar-refractivity contribution in [3.8, 4) is 17.2 Å². The average Bonchev–Trinajstić information content (AvgIpc) is 3.45. The van der Waals surface area contributed by atoms with Crippen molar-refractivity contribution in [1.82, 2.24) is 10.2 Å². The van der Waals surface area contributed by atoms with Crippen LogP contribution in [0.5, 0.6) is 17.2 Å². The molecule has 0 spiro atoms. The van der Waals surface area contributed by atoms with Crippen molar-refractivity contribution in [3.05, 3.63) is 161 Å². The third-order valence-electron chi connectivity index (χ3n) is 14.5. The molecule has 1 aliphatic rings. The molecule has 5 aromatic carbocycles. The molecule has 1 N–H and O–H groups in total. The molecule has 1 unspecified atom stereocenters. The van der Waals surface area contributed by atoms with E-state index >= 15 is 0 Å². The summed E-state index contributed by atoms with van der Waals surface area (Å²) >= 11 is 0. The second kappa shape index (κ2) is 28.0. The summed E-state index contributed by atoms with van der Waals surface area (Å²) in [4.78, 5) is 82.9. The van der Waals surface area contributed by atoms with Gasteiger partial charge in [0.1, 0.15) is 30.5 Å². The molecule has 6 rings (SSSR count). The number of aryl methyl sites for hydroxylation is 2. The van der Waals surface area contributed by atoms with Gasteiger partial charge in [0.2, 0.25) is 11.7 Å². The number of unbranched alkanes of at least 4 members (excludes halogenated alkanes) is 3. The summed E-state index contributed by atoms with van der Waals surface area (Å²) in [5.41, 5.74) is 2.88. The van der Waals surface area contributed by atoms with E-state index in [4.69, 9.17) is 23.7 Å². The van der Waals surface area contributed by atoms with E-state index in [1.54, 1.807) is 46.3 Å². The predicted octanol–water partition coefficient (Wildman–Crippen LogP) is 11.3. The van der Waals surface area contributed by atoms with E-state index in [1.165, 1.54) is 4.90 Å². The average molecular weight is 1040 g/mol. The highest BCUT2D eigenvalue weighted by molar-refractivity contribution is 6.38. The number of piperidine rings is 1. The maximum atomic E-state index is 14.1. The highest BCUT2D eigenvalue weighted by Crippen LogP contribution is 2.41. The molecule has 0 aromatic heterocycles. The molecular weight excluding hydrogens is 961 g/mol. The Morgan fingerprint density at radius 3 is 1.99 bits per heavy atom. The number of Topliss-reactive ketones (excluding diaryl/α,β-unsaturated/α-hetero) is 2. The smallest absolute Gasteiger partial charge is 0.330 e. The summed E-state index contributed by atoms with van der Waals surface area (Å²) in [6.45, 7) is 9.33. The number of likely N-dealkylation sites (tertiary alicyclic amines) is 1. The van der Waals surface area contributed by atoms with Gasteiger partial charge in [-0.05, 0) is 100 Å². The molecule has 1 aliphatic heterocycles. The van der Waals surface area contributed by atoms with Crippen molar-refractivity contribution >= 4 is 35.3 Å². The maximum absolute atomic E-state index is 14.1. The van der Waals surface area contributed by atoms with Gasteiger partial charge in [0, 0.05) is 41.5 Å². The zero-order valence-electron chi connectivity index (χ0n) is 45.4. The lowest BCUT2D eigenvalue weighted by Gasteiger charge is -2.36. The number of nitrogens with one attached hydrogen (secondary N) is 1. The van der Waals surface area contributed by atoms with Gasteiger partial charge in [-0.3, -0.25) is 19.2 Å². The van der Waals surface area contributed by atoms with E-state index in [2.05, 4.69) is 5.32 Å². The monoisotopic (exact) mass is 1040 g/mol. The van der Waals surface area contributed by atoms with Crippen LogP contribution in [0.15, 0.2) is 127 Å². The van der Waals surface area contributed by atoms with Gasteiger partial charge < -0.3 is 33.9 Å². The van der Waals surface area contributed by atoms with Crippen LogP contribution in [0.25, 0.3) is 0 Å². The molecule has 13 nitrogen and oxygen atoms in total. The Balaban J connectivity index is 1.01. The van der Waals surface area contributed by atoms with Crippen molar-refractivity contribution in [3.63, 3.8) is 0 Å². The van der Waals surface area contributed by atoms with Crippen molar-refractivity contribution < 1.29 is 52.5 Å². The lowest BCUT2D eigenvalue weighted by Crippen LogP contribution is -2.53. The number of carbonyl (C=O) groups excluding carboxylic acids is 6. The number of hydrogen-bond acceptors (Lipinski definition) is 11. The Labute approximate surface area is 449 Å². The second-order valence-electron chi connectivity index (χ2n) is 20.3. The first-order valence-corrected chi connectivity index (χ1v) is 26.9. The molecule has 1 fully saturated rings. The van der Waals surface area contributed by atoms with E-state index in [-0.39, 0.29) is 31.3 Å². The first-order valence-electron chi connectivity index (χ1n) is 26.9. The summed E-state index contributed by atoms with van der Waals surface area (Å²) in [7, 11) is 3.13. The molecule has 13 heteroatoms. The normalized spacial score (nSPS) is 14.4. The Kier molecular flexibility index (Phi) is 21.4. The van der Waals surface area contributed by atoms with Gasteiger partial charge in [-0.15, -0.1) is 0 Å². The van der Waals surface area contributed by atoms with Gasteiger partial charge in [-0.2, -0.15) is 0 Å². The fourth-order valence-electron chi connectivity index (χ4n) is 9.48. The van der Waals surface area contributed by atoms with Crippen LogP contribution in [0.3, 0.4) is 0 Å². The number of ether oxygens (including phenoxy) is 5. The fraction of sp³-hybridized carbons (Fsp3) is 0.429. The van der Waals surface area contributed by atoms with Crippen molar-refractivity contribution in [2.75, 3.05) is 27.4 Å². The van der Waals surface area contributed by atoms with Gasteiger partial charge in [-0.1, -0.05) is 149 Å². The molecule has 0 bridgehead atoms. The van der Waals surface area contributed by atoms with Crippen LogP contribution < -0.4 is 19.5 Å². The molecular formula is C63H76N2O11. The molecule has 76 heavy (non-hydrogen) atoms. The van der Waals surface area contributed by atoms with Crippen LogP contribution in [-0.2, 0) is 50.3 Å². The topological polar surface area (TPSA) is 164 Å². The Morgan fingerprint density at radius 1 is 0.711 bits per heavy atom. The van der Waals surface area contributed by atoms with E-state index < -0.39 is 52.8 Å². The molecule has 0 aliphatic carbocycles. The fourth-order valence-corrected chi connectivity index (χ4v) is 9.48. The van der Waals surface area contributed by atoms with Crippen LogP contribution in [0.4, 0.5) is 0 Å². The molecule has 404 valence electrons. The highest BCUT2D eigenvalue weighted by atomic mass is 16.6. The predicted molar refractivity (Wildman–Crippen MR) is 292 cm³/mol. The summed E-state index contributed by atoms with van der Waals surface area (Å²) in [5.74, 6) is -1.04. The largest absolute Gasteiger partial charge is 0.493 e. The van der Waals surface area contributed by atoms with Crippen LogP contribution in [0.1, 0.15) is 144 Å². The third kappa shape index (κ3) is 15.2. The Morgan fingerprint density at radius 2 is 1.36 bits per heavy atom. The number of esters is 2. The summed E-state index contributed by atoms with van der Waals surface area (Å²) in [6.07, 6.45) is 5.85. The Bertz CT molecular complexity index is 2680. The van der Waals surface area contributed by atoms with Gasteiger partial charge >= 0.3 is 11.9 Å². The van der Waals surface area contributed by atoms with Crippen LogP contribution in [0.2, 0.25) is 0 Å². The molecule has 0 saturated carbocycles. The number of benzene rings is 5. The zero-order chi connectivity index (χ0) is 54.7. The van der Waals surface area contributed by atoms with E-state index in [0.29, 0.717) is 93.4 Å². The maximum Gasteiger partial charge on any atom is 0.330 e. The molecule has 0 radical (unpaired) electrons. The lowest BCUT2D eigenvalue weighted by atomic mass is 9.79. The minimum Gasteiger partial charge on any atom is -0.493 e. The molecule has 5 aromatic rings. The summed E-state index contributed by atoms with van der Waals surface area (Å²) < 4.78 is 29.8. The van der Waals surface area contributed by atoms with Crippen LogP contribution >= 0.6 is 0 Å². The number of carbonyl (C=O) groups is 6. The van der Waals surface area contributed by atoms with E-state index in [9.17, 15) is 28.8 Å². The van der Waals surface area contributed by atoms with Crippen molar-refractivity contribution in [2.45, 2.75) is 142 Å². The Hall–Kier alpha value is -7.28. The molecule has 1 heterocycles. The third-order valence-corrected chi connectivity index (χ3v) is 14.5. The number of hydrogen-bond donors (Lipinski definition) is 1. The minimum atomic E-state index is -1.26. The van der Waals surface area contributed by atoms with Gasteiger partial charge in [0.15, 0.2) is 22.9 Å². The number of ketones is 2. The second-order valence-corrected chi connectivity index (χ2v) is 20.3. The quantitative estimate of drug-likeness (QED) is 0.0219. The first-order chi connectivity index (χ1) is 36.6. The number of nitrogens with zero attached hydrogens (tertiary/aromatic N) is 1. The first kappa shape index (κ1) is 58.0. The van der Waals surface area contributed by atoms with E-state index in [1.807, 2.05) is 130 Å². The summed E-state index contributed by atoms with van der Waals surface area (Å²) in [5, 5.41) is 2.92. The molecule has 1 saturated heterocycles. The van der Waals surface area contributed by atoms with Gasteiger partial charge in [-0.25, -0.2) is 9.59 Å². The number of rotatable bonds is 28. The standard InChI is InChI=1S/C63H76N2O11/c1-8-52(60(70)76-63(47-24-14-12-15-25-47,48-26-16-13-17-27-48)49-36-32-44(3)33-37-49)64-57(67)31-19-11-10-18-28-50(66)43-74-51-29-22-23-46(42-51)54(38-34-45-35-39-55(72-6)56(41-45)73-7)75-61(71)53-30-20-21-40-65(53)59(69)58(68)62(4,5)9-2/h12-17,22-27,29,32-33,35-37,39,41-42,52-54H,8-11,18-21,28,30-31,34,38,40,43H2,1-7H3,(H,64,67)/t52?,53-,54+/m0/s1. The lowest BCUT2D eigenvalue weighted by molar-refractivity contribution is -0.164. The van der Waals surface area contributed by atoms with Crippen LogP contribution in [-0.4, -0.2) is 79.7 Å². The minimum absolute atomic E-state index is 0.0838. The van der Waals surface area contributed by atoms with Gasteiger partial charge in [0.25, 0.3) is 5.91 Å². The number of methoxy groups -OCH3 is 2. The van der Waals surface area contributed by atoms with Crippen LogP contribution in [0, 0.1) is 12.3 Å². The summed E-state index contributed by atoms with van der Waals surface area (Å²) in [6, 6.07) is 38.2. The van der Waals surface area contributed by atoms with Crippen molar-refractivity contribution in [2.24, 2.45) is 5.41 Å². The number of amides is 2. The zero-order valence-corrected chi connectivity index (χ0v) is 45.4.